The smallest absolute Gasteiger partial charge is 0.321 e. The molecule has 0 saturated carbocycles. The van der Waals surface area contributed by atoms with Gasteiger partial charge in [-0.3, -0.25) is 15.0 Å². The monoisotopic (exact) mass is 392 g/mol. The Balaban J connectivity index is 1.48. The van der Waals surface area contributed by atoms with Crippen molar-refractivity contribution in [2.45, 2.75) is 13.3 Å². The van der Waals surface area contributed by atoms with Gasteiger partial charge in [0.1, 0.15) is 0 Å². The zero-order valence-corrected chi connectivity index (χ0v) is 16.3. The third-order valence-corrected chi connectivity index (χ3v) is 5.42. The van der Waals surface area contributed by atoms with E-state index in [1.54, 1.807) is 23.1 Å². The van der Waals surface area contributed by atoms with E-state index in [1.807, 2.05) is 23.6 Å². The standard InChI is InChI=1S/C21H20N4O2S/c1-2-14-6-8-15(9-7-14)18-13-28-20(23-18)24-19(26)16-4-3-5-17(12-16)25-11-10-22-21(25)27/h3-9,12-13H,2,10-11H2,1H3,(H,22,27)(H,23,24,26). The van der Waals surface area contributed by atoms with Crippen LogP contribution in [-0.4, -0.2) is 30.0 Å². The van der Waals surface area contributed by atoms with Gasteiger partial charge in [0.25, 0.3) is 5.91 Å². The molecule has 3 amide bonds. The highest BCUT2D eigenvalue weighted by atomic mass is 32.1. The molecule has 2 N–H and O–H groups in total. The lowest BCUT2D eigenvalue weighted by Crippen LogP contribution is -2.27. The predicted octanol–water partition coefficient (Wildman–Crippen LogP) is 4.15. The van der Waals surface area contributed by atoms with Gasteiger partial charge >= 0.3 is 6.03 Å². The van der Waals surface area contributed by atoms with Gasteiger partial charge in [-0.15, -0.1) is 11.3 Å². The number of nitrogens with one attached hydrogen (secondary N) is 2. The second kappa shape index (κ2) is 7.82. The molecule has 7 heteroatoms. The molecular formula is C21H20N4O2S. The maximum absolute atomic E-state index is 12.6. The van der Waals surface area contributed by atoms with Gasteiger partial charge in [-0.2, -0.15) is 0 Å². The molecule has 4 rings (SSSR count). The molecule has 3 aromatic rings. The summed E-state index contributed by atoms with van der Waals surface area (Å²) in [6, 6.07) is 15.2. The van der Waals surface area contributed by atoms with Crippen molar-refractivity contribution in [1.29, 1.82) is 0 Å². The number of hydrogen-bond donors (Lipinski definition) is 2. The normalized spacial score (nSPS) is 13.5. The molecule has 6 nitrogen and oxygen atoms in total. The fourth-order valence-electron chi connectivity index (χ4n) is 3.08. The zero-order valence-electron chi connectivity index (χ0n) is 15.4. The number of rotatable bonds is 5. The van der Waals surface area contributed by atoms with Crippen molar-refractivity contribution >= 4 is 34.1 Å². The van der Waals surface area contributed by atoms with Gasteiger partial charge in [0.15, 0.2) is 5.13 Å². The zero-order chi connectivity index (χ0) is 19.5. The Morgan fingerprint density at radius 1 is 1.25 bits per heavy atom. The minimum Gasteiger partial charge on any atom is -0.336 e. The van der Waals surface area contributed by atoms with E-state index in [-0.39, 0.29) is 11.9 Å². The summed E-state index contributed by atoms with van der Waals surface area (Å²) in [7, 11) is 0. The number of benzene rings is 2. The Bertz CT molecular complexity index is 1010. The molecule has 0 aliphatic carbocycles. The van der Waals surface area contributed by atoms with E-state index in [9.17, 15) is 9.59 Å². The lowest BCUT2D eigenvalue weighted by atomic mass is 10.1. The van der Waals surface area contributed by atoms with E-state index in [1.165, 1.54) is 16.9 Å². The van der Waals surface area contributed by atoms with Crippen LogP contribution in [-0.2, 0) is 6.42 Å². The first-order chi connectivity index (χ1) is 13.6. The van der Waals surface area contributed by atoms with Crippen LogP contribution in [0.15, 0.2) is 53.9 Å². The molecule has 0 unspecified atom stereocenters. The van der Waals surface area contributed by atoms with E-state index >= 15 is 0 Å². The minimum absolute atomic E-state index is 0.142. The number of anilines is 2. The Labute approximate surface area is 167 Å². The van der Waals surface area contributed by atoms with E-state index < -0.39 is 0 Å². The maximum atomic E-state index is 12.6. The summed E-state index contributed by atoms with van der Waals surface area (Å²) in [5, 5.41) is 8.09. The van der Waals surface area contributed by atoms with E-state index in [2.05, 4.69) is 34.7 Å². The number of carbonyl (C=O) groups is 2. The summed E-state index contributed by atoms with van der Waals surface area (Å²) in [6.07, 6.45) is 0.997. The van der Waals surface area contributed by atoms with Crippen LogP contribution in [0.4, 0.5) is 15.6 Å². The molecular weight excluding hydrogens is 372 g/mol. The molecule has 0 atom stereocenters. The molecule has 0 radical (unpaired) electrons. The number of urea groups is 1. The lowest BCUT2D eigenvalue weighted by molar-refractivity contribution is 0.102. The number of amides is 3. The number of aromatic nitrogens is 1. The molecule has 1 fully saturated rings. The molecule has 0 spiro atoms. The first kappa shape index (κ1) is 18.2. The Morgan fingerprint density at radius 2 is 2.07 bits per heavy atom. The molecule has 2 heterocycles. The highest BCUT2D eigenvalue weighted by Gasteiger charge is 2.22. The third-order valence-electron chi connectivity index (χ3n) is 4.66. The van der Waals surface area contributed by atoms with Crippen LogP contribution in [0.25, 0.3) is 11.3 Å². The molecule has 2 aromatic carbocycles. The van der Waals surface area contributed by atoms with Gasteiger partial charge in [-0.05, 0) is 30.2 Å². The Hall–Kier alpha value is -3.19. The summed E-state index contributed by atoms with van der Waals surface area (Å²) in [5.41, 5.74) is 4.33. The maximum Gasteiger partial charge on any atom is 0.321 e. The molecule has 1 aliphatic heterocycles. The van der Waals surface area contributed by atoms with Crippen LogP contribution in [0.3, 0.4) is 0 Å². The van der Waals surface area contributed by atoms with Gasteiger partial charge in [-0.1, -0.05) is 37.3 Å². The van der Waals surface area contributed by atoms with E-state index in [4.69, 9.17) is 0 Å². The van der Waals surface area contributed by atoms with Gasteiger partial charge < -0.3 is 5.32 Å². The quantitative estimate of drug-likeness (QED) is 0.685. The van der Waals surface area contributed by atoms with Crippen molar-refractivity contribution in [1.82, 2.24) is 10.3 Å². The SMILES string of the molecule is CCc1ccc(-c2csc(NC(=O)c3cccc(N4CCNC4=O)c3)n2)cc1. The molecule has 142 valence electrons. The number of aryl methyl sites for hydroxylation is 1. The van der Waals surface area contributed by atoms with Gasteiger partial charge in [0.2, 0.25) is 0 Å². The van der Waals surface area contributed by atoms with Crippen LogP contribution in [0, 0.1) is 0 Å². The first-order valence-electron chi connectivity index (χ1n) is 9.15. The van der Waals surface area contributed by atoms with Crippen LogP contribution in [0.5, 0.6) is 0 Å². The Morgan fingerprint density at radius 3 is 2.79 bits per heavy atom. The molecule has 1 aliphatic rings. The van der Waals surface area contributed by atoms with Crippen LogP contribution < -0.4 is 15.5 Å². The number of thiazole rings is 1. The van der Waals surface area contributed by atoms with Crippen molar-refractivity contribution in [2.24, 2.45) is 0 Å². The first-order valence-corrected chi connectivity index (χ1v) is 10.0. The Kier molecular flexibility index (Phi) is 5.08. The molecule has 0 bridgehead atoms. The van der Waals surface area contributed by atoms with Crippen LogP contribution >= 0.6 is 11.3 Å². The second-order valence-corrected chi connectivity index (χ2v) is 7.33. The number of carbonyl (C=O) groups excluding carboxylic acids is 2. The number of nitrogens with zero attached hydrogens (tertiary/aromatic N) is 2. The summed E-state index contributed by atoms with van der Waals surface area (Å²) in [4.78, 5) is 30.6. The fraction of sp³-hybridized carbons (Fsp3) is 0.190. The van der Waals surface area contributed by atoms with E-state index in [0.29, 0.717) is 29.5 Å². The summed E-state index contributed by atoms with van der Waals surface area (Å²) in [6.45, 7) is 3.32. The average molecular weight is 392 g/mol. The number of hydrogen-bond acceptors (Lipinski definition) is 4. The van der Waals surface area contributed by atoms with E-state index in [0.717, 1.165) is 17.7 Å². The highest BCUT2D eigenvalue weighted by Crippen LogP contribution is 2.26. The van der Waals surface area contributed by atoms with Gasteiger partial charge in [0, 0.05) is 35.3 Å². The third kappa shape index (κ3) is 3.75. The molecule has 1 saturated heterocycles. The largest absolute Gasteiger partial charge is 0.336 e. The minimum atomic E-state index is -0.247. The van der Waals surface area contributed by atoms with Gasteiger partial charge in [-0.25, -0.2) is 9.78 Å². The van der Waals surface area contributed by atoms with Crippen LogP contribution in [0.1, 0.15) is 22.8 Å². The summed E-state index contributed by atoms with van der Waals surface area (Å²) in [5.74, 6) is -0.247. The fourth-order valence-corrected chi connectivity index (χ4v) is 3.79. The molecule has 28 heavy (non-hydrogen) atoms. The predicted molar refractivity (Wildman–Crippen MR) is 112 cm³/mol. The average Bonchev–Trinajstić information content (AvgIpc) is 3.37. The topological polar surface area (TPSA) is 74.3 Å². The summed E-state index contributed by atoms with van der Waals surface area (Å²) >= 11 is 1.39. The second-order valence-electron chi connectivity index (χ2n) is 6.48. The van der Waals surface area contributed by atoms with Gasteiger partial charge in [0.05, 0.1) is 5.69 Å². The molecule has 1 aromatic heterocycles. The van der Waals surface area contributed by atoms with Crippen molar-refractivity contribution in [3.05, 3.63) is 65.0 Å². The highest BCUT2D eigenvalue weighted by molar-refractivity contribution is 7.14. The van der Waals surface area contributed by atoms with Crippen molar-refractivity contribution in [3.63, 3.8) is 0 Å². The van der Waals surface area contributed by atoms with Crippen molar-refractivity contribution < 1.29 is 9.59 Å². The summed E-state index contributed by atoms with van der Waals surface area (Å²) < 4.78 is 0. The van der Waals surface area contributed by atoms with Crippen molar-refractivity contribution in [2.75, 3.05) is 23.3 Å². The lowest BCUT2D eigenvalue weighted by Gasteiger charge is -2.14. The van der Waals surface area contributed by atoms with Crippen molar-refractivity contribution in [3.8, 4) is 11.3 Å². The van der Waals surface area contributed by atoms with Crippen LogP contribution in [0.2, 0.25) is 0 Å².